The first kappa shape index (κ1) is 30.6. The van der Waals surface area contributed by atoms with Crippen molar-refractivity contribution in [3.05, 3.63) is 48.4 Å². The number of halogens is 1. The van der Waals surface area contributed by atoms with E-state index in [0.29, 0.717) is 55.9 Å². The Labute approximate surface area is 277 Å². The molecule has 4 fully saturated rings. The van der Waals surface area contributed by atoms with E-state index >= 15 is 4.39 Å². The monoisotopic (exact) mass is 654 g/mol. The molecule has 2 bridgehead atoms. The summed E-state index contributed by atoms with van der Waals surface area (Å²) >= 11 is 0. The van der Waals surface area contributed by atoms with Crippen LogP contribution in [0.5, 0.6) is 11.8 Å². The molecule has 0 saturated carbocycles. The summed E-state index contributed by atoms with van der Waals surface area (Å²) in [4.78, 5) is 45.5. The number of carbonyl (C=O) groups excluding carboxylic acids is 2. The van der Waals surface area contributed by atoms with Crippen LogP contribution in [0.1, 0.15) is 58.3 Å². The summed E-state index contributed by atoms with van der Waals surface area (Å²) in [5.41, 5.74) is 0.170. The minimum Gasteiger partial charge on any atom is -0.508 e. The van der Waals surface area contributed by atoms with Gasteiger partial charge in [0.25, 0.3) is 0 Å². The van der Waals surface area contributed by atoms with Crippen molar-refractivity contribution in [2.45, 2.75) is 75.9 Å². The Bertz CT molecular complexity index is 1910. The molecule has 48 heavy (non-hydrogen) atoms. The lowest BCUT2D eigenvalue weighted by atomic mass is 9.95. The number of amides is 2. The van der Waals surface area contributed by atoms with Crippen molar-refractivity contribution in [3.8, 4) is 23.0 Å². The average Bonchev–Trinajstić information content (AvgIpc) is 3.73. The molecule has 0 aliphatic carbocycles. The third-order valence-corrected chi connectivity index (χ3v) is 10.6. The molecule has 2 aromatic carbocycles. The van der Waals surface area contributed by atoms with Gasteiger partial charge in [-0.2, -0.15) is 9.97 Å². The van der Waals surface area contributed by atoms with E-state index in [-0.39, 0.29) is 53.7 Å². The van der Waals surface area contributed by atoms with Gasteiger partial charge in [0.05, 0.1) is 29.6 Å². The van der Waals surface area contributed by atoms with Crippen LogP contribution in [0.15, 0.2) is 42.6 Å². The third-order valence-electron chi connectivity index (χ3n) is 10.6. The normalized spacial score (nSPS) is 23.4. The molecule has 3 unspecified atom stereocenters. The van der Waals surface area contributed by atoms with E-state index < -0.39 is 11.4 Å². The summed E-state index contributed by atoms with van der Waals surface area (Å²) < 4.78 is 28.7. The molecule has 4 aliphatic rings. The van der Waals surface area contributed by atoms with Crippen molar-refractivity contribution >= 4 is 39.5 Å². The Hall–Kier alpha value is -4.74. The Kier molecular flexibility index (Phi) is 7.68. The fourth-order valence-electron chi connectivity index (χ4n) is 8.24. The highest BCUT2D eigenvalue weighted by Gasteiger charge is 2.49. The molecule has 2 amide bonds. The molecule has 3 atom stereocenters. The van der Waals surface area contributed by atoms with Crippen LogP contribution in [0.2, 0.25) is 0 Å². The number of ether oxygens (including phenoxy) is 2. The Morgan fingerprint density at radius 2 is 1.92 bits per heavy atom. The minimum atomic E-state index is -0.644. The van der Waals surface area contributed by atoms with E-state index in [1.165, 1.54) is 6.07 Å². The molecule has 1 N–H and O–H groups in total. The van der Waals surface area contributed by atoms with E-state index in [1.807, 2.05) is 34.1 Å². The summed E-state index contributed by atoms with van der Waals surface area (Å²) in [6, 6.07) is 10.5. The highest BCUT2D eigenvalue weighted by atomic mass is 19.1. The maximum Gasteiger partial charge on any atom is 0.410 e. The predicted octanol–water partition coefficient (Wildman–Crippen LogP) is 5.81. The van der Waals surface area contributed by atoms with E-state index in [2.05, 4.69) is 21.8 Å². The zero-order chi connectivity index (χ0) is 33.0. The molecule has 11 nitrogen and oxygen atoms in total. The van der Waals surface area contributed by atoms with E-state index in [9.17, 15) is 14.7 Å². The number of rotatable bonds is 8. The zero-order valence-electron chi connectivity index (χ0n) is 27.0. The highest BCUT2D eigenvalue weighted by Crippen LogP contribution is 2.42. The lowest BCUT2D eigenvalue weighted by Crippen LogP contribution is -2.56. The summed E-state index contributed by atoms with van der Waals surface area (Å²) in [7, 11) is 0. The molecule has 4 saturated heterocycles. The summed E-state index contributed by atoms with van der Waals surface area (Å²) in [6.45, 7) is 4.39. The first-order chi connectivity index (χ1) is 23.3. The van der Waals surface area contributed by atoms with Crippen LogP contribution < -0.4 is 9.64 Å². The van der Waals surface area contributed by atoms with Gasteiger partial charge in [0.15, 0.2) is 5.82 Å². The van der Waals surface area contributed by atoms with Gasteiger partial charge in [0, 0.05) is 37.8 Å². The third kappa shape index (κ3) is 5.12. The van der Waals surface area contributed by atoms with Gasteiger partial charge in [-0.3, -0.25) is 14.7 Å². The predicted molar refractivity (Wildman–Crippen MR) is 177 cm³/mol. The lowest BCUT2D eigenvalue weighted by Gasteiger charge is -2.41. The smallest absolute Gasteiger partial charge is 0.410 e. The quantitative estimate of drug-likeness (QED) is 0.235. The second kappa shape index (κ2) is 12.1. The number of pyridine rings is 1. The SMILES string of the molecule is CCCCOC(=O)N1C2CCC1CN(c1nc(OCC34CCCN3C(=O)CC4)nc3c(F)c(-c4cc(O)cc5ccccc45)ncc13)C2. The number of carbonyl (C=O) groups is 2. The molecule has 12 heteroatoms. The Morgan fingerprint density at radius 3 is 2.73 bits per heavy atom. The van der Waals surface area contributed by atoms with Gasteiger partial charge in [-0.25, -0.2) is 9.18 Å². The number of unbranched alkanes of at least 4 members (excludes halogenated alkanes) is 1. The molecular weight excluding hydrogens is 615 g/mol. The maximum atomic E-state index is 16.8. The maximum absolute atomic E-state index is 16.8. The molecule has 4 aromatic rings. The lowest BCUT2D eigenvalue weighted by molar-refractivity contribution is -0.130. The van der Waals surface area contributed by atoms with E-state index in [0.717, 1.165) is 49.3 Å². The van der Waals surface area contributed by atoms with Gasteiger partial charge < -0.3 is 24.4 Å². The summed E-state index contributed by atoms with van der Waals surface area (Å²) in [6.07, 6.45) is 7.70. The van der Waals surface area contributed by atoms with Crippen LogP contribution in [0.3, 0.4) is 0 Å². The van der Waals surface area contributed by atoms with Crippen LogP contribution in [0, 0.1) is 5.82 Å². The number of phenolic OH excluding ortho intramolecular Hbond substituents is 1. The van der Waals surface area contributed by atoms with Gasteiger partial charge in [0.2, 0.25) is 5.91 Å². The van der Waals surface area contributed by atoms with E-state index in [1.54, 1.807) is 12.3 Å². The molecule has 0 spiro atoms. The number of aromatic nitrogens is 3. The van der Waals surface area contributed by atoms with Crippen molar-refractivity contribution in [3.63, 3.8) is 0 Å². The number of piperazine rings is 1. The van der Waals surface area contributed by atoms with Crippen molar-refractivity contribution in [2.24, 2.45) is 0 Å². The number of hydrogen-bond donors (Lipinski definition) is 1. The van der Waals surface area contributed by atoms with Crippen LogP contribution in [0.4, 0.5) is 15.0 Å². The Balaban J connectivity index is 1.18. The number of fused-ring (bicyclic) bond motifs is 5. The van der Waals surface area contributed by atoms with Gasteiger partial charge in [-0.1, -0.05) is 37.6 Å². The van der Waals surface area contributed by atoms with Crippen LogP contribution in [0.25, 0.3) is 32.9 Å². The topological polar surface area (TPSA) is 121 Å². The molecule has 2 aromatic heterocycles. The molecule has 250 valence electrons. The van der Waals surface area contributed by atoms with Gasteiger partial charge in [-0.05, 0) is 61.4 Å². The molecule has 8 rings (SSSR count). The summed E-state index contributed by atoms with van der Waals surface area (Å²) in [5, 5.41) is 12.4. The molecule has 6 heterocycles. The number of hydrogen-bond acceptors (Lipinski definition) is 9. The van der Waals surface area contributed by atoms with Gasteiger partial charge >= 0.3 is 12.1 Å². The van der Waals surface area contributed by atoms with Crippen molar-refractivity contribution < 1.29 is 28.6 Å². The second-order valence-corrected chi connectivity index (χ2v) is 13.6. The number of phenols is 1. The Morgan fingerprint density at radius 1 is 1.10 bits per heavy atom. The number of anilines is 1. The number of nitrogens with zero attached hydrogens (tertiary/aromatic N) is 6. The van der Waals surface area contributed by atoms with Crippen molar-refractivity contribution in [1.82, 2.24) is 24.8 Å². The fraction of sp³-hybridized carbons (Fsp3) is 0.472. The first-order valence-corrected chi connectivity index (χ1v) is 17.1. The highest BCUT2D eigenvalue weighted by molar-refractivity contribution is 6.00. The fourth-order valence-corrected chi connectivity index (χ4v) is 8.24. The van der Waals surface area contributed by atoms with Crippen molar-refractivity contribution in [2.75, 3.05) is 37.7 Å². The van der Waals surface area contributed by atoms with E-state index in [4.69, 9.17) is 14.5 Å². The summed E-state index contributed by atoms with van der Waals surface area (Å²) in [5.74, 6) is -0.00853. The largest absolute Gasteiger partial charge is 0.508 e. The number of benzene rings is 2. The second-order valence-electron chi connectivity index (χ2n) is 13.6. The molecule has 0 radical (unpaired) electrons. The first-order valence-electron chi connectivity index (χ1n) is 17.1. The van der Waals surface area contributed by atoms with Gasteiger partial charge in [-0.15, -0.1) is 0 Å². The molecule has 4 aliphatic heterocycles. The average molecular weight is 655 g/mol. The minimum absolute atomic E-state index is 0.00504. The zero-order valence-corrected chi connectivity index (χ0v) is 27.0. The molecular formula is C36H39FN6O5. The number of aromatic hydroxyl groups is 1. The van der Waals surface area contributed by atoms with Gasteiger partial charge in [0.1, 0.15) is 29.4 Å². The van der Waals surface area contributed by atoms with Crippen LogP contribution in [-0.2, 0) is 9.53 Å². The standard InChI is InChI=1S/C36H39FN6O5/c1-2-3-15-47-35(46)43-23-9-10-24(43)20-41(19-23)33-28-18-38-31(27-17-25(44)16-22-7-4-5-8-26(22)27)30(37)32(28)39-34(40-33)48-21-36-12-6-14-42(36)29(45)11-13-36/h4-5,7-8,16-18,23-24,44H,2-3,6,9-15,19-21H2,1H3. The van der Waals surface area contributed by atoms with Crippen LogP contribution >= 0.6 is 0 Å². The van der Waals surface area contributed by atoms with Crippen molar-refractivity contribution in [1.29, 1.82) is 0 Å². The van der Waals surface area contributed by atoms with Crippen LogP contribution in [-0.4, -0.2) is 92.3 Å².